The third-order valence-electron chi connectivity index (χ3n) is 5.06. The SMILES string of the molecule is CCC(Oc1cccc(CNCc2ccc(F)cc2-c2nc3ccccc3o2)c1)C(=O)O. The molecule has 0 amide bonds. The highest BCUT2D eigenvalue weighted by Crippen LogP contribution is 2.28. The third-order valence-corrected chi connectivity index (χ3v) is 5.06. The zero-order valence-corrected chi connectivity index (χ0v) is 17.5. The van der Waals surface area contributed by atoms with Gasteiger partial charge in [0.25, 0.3) is 0 Å². The summed E-state index contributed by atoms with van der Waals surface area (Å²) in [6.07, 6.45) is -0.502. The molecular formula is C25H23FN2O4. The molecule has 0 bridgehead atoms. The van der Waals surface area contributed by atoms with Gasteiger partial charge in [-0.05, 0) is 53.9 Å². The maximum atomic E-state index is 14.0. The average Bonchev–Trinajstić information content (AvgIpc) is 3.22. The van der Waals surface area contributed by atoms with E-state index in [-0.39, 0.29) is 5.82 Å². The zero-order chi connectivity index (χ0) is 22.5. The van der Waals surface area contributed by atoms with Crippen LogP contribution in [0, 0.1) is 5.82 Å². The minimum absolute atomic E-state index is 0.361. The Morgan fingerprint density at radius 3 is 2.75 bits per heavy atom. The van der Waals surface area contributed by atoms with E-state index in [2.05, 4.69) is 10.3 Å². The van der Waals surface area contributed by atoms with Crippen LogP contribution in [-0.4, -0.2) is 22.2 Å². The highest BCUT2D eigenvalue weighted by molar-refractivity contribution is 5.76. The number of benzene rings is 3. The Hall–Kier alpha value is -3.71. The molecule has 1 unspecified atom stereocenters. The Morgan fingerprint density at radius 2 is 1.97 bits per heavy atom. The number of carboxylic acid groups (broad SMARTS) is 1. The Bertz CT molecular complexity index is 1200. The van der Waals surface area contributed by atoms with Gasteiger partial charge in [-0.25, -0.2) is 14.2 Å². The largest absolute Gasteiger partial charge is 0.479 e. The molecule has 2 N–H and O–H groups in total. The molecule has 1 heterocycles. The molecule has 0 aliphatic carbocycles. The van der Waals surface area contributed by atoms with Crippen molar-refractivity contribution in [2.75, 3.05) is 0 Å². The van der Waals surface area contributed by atoms with Crippen LogP contribution in [0.2, 0.25) is 0 Å². The zero-order valence-electron chi connectivity index (χ0n) is 17.5. The Morgan fingerprint density at radius 1 is 1.12 bits per heavy atom. The predicted molar refractivity (Wildman–Crippen MR) is 119 cm³/mol. The monoisotopic (exact) mass is 434 g/mol. The second-order valence-corrected chi connectivity index (χ2v) is 7.39. The van der Waals surface area contributed by atoms with Crippen molar-refractivity contribution in [3.8, 4) is 17.2 Å². The van der Waals surface area contributed by atoms with Crippen LogP contribution in [0.15, 0.2) is 71.1 Å². The van der Waals surface area contributed by atoms with Gasteiger partial charge in [0.2, 0.25) is 5.89 Å². The third kappa shape index (κ3) is 4.95. The van der Waals surface area contributed by atoms with Gasteiger partial charge in [-0.1, -0.05) is 37.3 Å². The van der Waals surface area contributed by atoms with E-state index in [9.17, 15) is 14.3 Å². The van der Waals surface area contributed by atoms with Gasteiger partial charge < -0.3 is 19.6 Å². The summed E-state index contributed by atoms with van der Waals surface area (Å²) in [4.78, 5) is 15.7. The van der Waals surface area contributed by atoms with Crippen LogP contribution in [0.5, 0.6) is 5.75 Å². The van der Waals surface area contributed by atoms with Crippen LogP contribution in [-0.2, 0) is 17.9 Å². The molecule has 164 valence electrons. The lowest BCUT2D eigenvalue weighted by Gasteiger charge is -2.14. The quantitative estimate of drug-likeness (QED) is 0.378. The van der Waals surface area contributed by atoms with Gasteiger partial charge in [-0.15, -0.1) is 0 Å². The first-order valence-electron chi connectivity index (χ1n) is 10.4. The normalized spacial score (nSPS) is 12.1. The lowest BCUT2D eigenvalue weighted by atomic mass is 10.1. The number of hydrogen-bond donors (Lipinski definition) is 2. The second kappa shape index (κ2) is 9.62. The second-order valence-electron chi connectivity index (χ2n) is 7.39. The van der Waals surface area contributed by atoms with E-state index in [0.717, 1.165) is 11.1 Å². The molecule has 7 heteroatoms. The molecule has 0 aliphatic heterocycles. The first-order chi connectivity index (χ1) is 15.5. The molecule has 1 atom stereocenters. The van der Waals surface area contributed by atoms with Crippen molar-refractivity contribution >= 4 is 17.1 Å². The van der Waals surface area contributed by atoms with Gasteiger partial charge in [0.05, 0.1) is 0 Å². The van der Waals surface area contributed by atoms with Gasteiger partial charge in [-0.2, -0.15) is 0 Å². The molecule has 0 spiro atoms. The smallest absolute Gasteiger partial charge is 0.344 e. The van der Waals surface area contributed by atoms with E-state index in [4.69, 9.17) is 9.15 Å². The number of oxazole rings is 1. The lowest BCUT2D eigenvalue weighted by molar-refractivity contribution is -0.145. The fourth-order valence-electron chi connectivity index (χ4n) is 3.43. The van der Waals surface area contributed by atoms with E-state index >= 15 is 0 Å². The average molecular weight is 434 g/mol. The fourth-order valence-corrected chi connectivity index (χ4v) is 3.43. The molecule has 0 radical (unpaired) electrons. The summed E-state index contributed by atoms with van der Waals surface area (Å²) in [6.45, 7) is 2.75. The summed E-state index contributed by atoms with van der Waals surface area (Å²) in [6, 6.07) is 19.3. The maximum Gasteiger partial charge on any atom is 0.344 e. The van der Waals surface area contributed by atoms with Crippen molar-refractivity contribution < 1.29 is 23.4 Å². The molecule has 4 aromatic rings. The summed E-state index contributed by atoms with van der Waals surface area (Å²) in [5.41, 5.74) is 3.75. The molecule has 0 saturated carbocycles. The van der Waals surface area contributed by atoms with Gasteiger partial charge in [-0.3, -0.25) is 0 Å². The minimum Gasteiger partial charge on any atom is -0.479 e. The number of rotatable bonds is 9. The predicted octanol–water partition coefficient (Wildman–Crippen LogP) is 5.17. The van der Waals surface area contributed by atoms with Gasteiger partial charge in [0, 0.05) is 18.7 Å². The highest BCUT2D eigenvalue weighted by atomic mass is 19.1. The number of fused-ring (bicyclic) bond motifs is 1. The summed E-state index contributed by atoms with van der Waals surface area (Å²) in [7, 11) is 0. The number of aromatic nitrogens is 1. The van der Waals surface area contributed by atoms with E-state index in [0.29, 0.717) is 47.8 Å². The highest BCUT2D eigenvalue weighted by Gasteiger charge is 2.17. The van der Waals surface area contributed by atoms with Crippen molar-refractivity contribution in [2.45, 2.75) is 32.5 Å². The molecule has 32 heavy (non-hydrogen) atoms. The van der Waals surface area contributed by atoms with Crippen LogP contribution in [0.1, 0.15) is 24.5 Å². The molecule has 0 fully saturated rings. The van der Waals surface area contributed by atoms with Crippen molar-refractivity contribution in [2.24, 2.45) is 0 Å². The number of carbonyl (C=O) groups is 1. The fraction of sp³-hybridized carbons (Fsp3) is 0.200. The number of hydrogen-bond acceptors (Lipinski definition) is 5. The maximum absolute atomic E-state index is 14.0. The first kappa shape index (κ1) is 21.5. The molecule has 0 saturated heterocycles. The van der Waals surface area contributed by atoms with Crippen LogP contribution in [0.3, 0.4) is 0 Å². The lowest BCUT2D eigenvalue weighted by Crippen LogP contribution is -2.26. The Labute approximate surface area is 184 Å². The summed E-state index contributed by atoms with van der Waals surface area (Å²) < 4.78 is 25.4. The van der Waals surface area contributed by atoms with Crippen molar-refractivity contribution in [1.82, 2.24) is 10.3 Å². The van der Waals surface area contributed by atoms with Crippen LogP contribution in [0.4, 0.5) is 4.39 Å². The minimum atomic E-state index is -0.987. The van der Waals surface area contributed by atoms with Gasteiger partial charge >= 0.3 is 5.97 Å². The molecular weight excluding hydrogens is 411 g/mol. The van der Waals surface area contributed by atoms with E-state index in [1.54, 1.807) is 19.1 Å². The summed E-state index contributed by atoms with van der Waals surface area (Å²) >= 11 is 0. The standard InChI is InChI=1S/C25H23FN2O4/c1-2-22(25(29)30)31-19-7-5-6-16(12-19)14-27-15-17-10-11-18(26)13-20(17)24-28-21-8-3-4-9-23(21)32-24/h3-13,22,27H,2,14-15H2,1H3,(H,29,30). The van der Waals surface area contributed by atoms with Crippen LogP contribution in [0.25, 0.3) is 22.6 Å². The van der Waals surface area contributed by atoms with Gasteiger partial charge in [0.1, 0.15) is 17.1 Å². The number of nitrogens with zero attached hydrogens (tertiary/aromatic N) is 1. The molecule has 4 rings (SSSR count). The number of carboxylic acids is 1. The number of para-hydroxylation sites is 2. The Balaban J connectivity index is 1.47. The van der Waals surface area contributed by atoms with Crippen LogP contribution >= 0.6 is 0 Å². The first-order valence-corrected chi connectivity index (χ1v) is 10.4. The van der Waals surface area contributed by atoms with Crippen molar-refractivity contribution in [1.29, 1.82) is 0 Å². The van der Waals surface area contributed by atoms with E-state index < -0.39 is 12.1 Å². The molecule has 3 aromatic carbocycles. The van der Waals surface area contributed by atoms with Crippen LogP contribution < -0.4 is 10.1 Å². The molecule has 1 aromatic heterocycles. The van der Waals surface area contributed by atoms with Gasteiger partial charge in [0.15, 0.2) is 11.7 Å². The van der Waals surface area contributed by atoms with Crippen molar-refractivity contribution in [3.63, 3.8) is 0 Å². The van der Waals surface area contributed by atoms with E-state index in [1.807, 2.05) is 42.5 Å². The molecule has 0 aliphatic rings. The summed E-state index contributed by atoms with van der Waals surface area (Å²) in [5.74, 6) is -0.469. The number of ether oxygens (including phenoxy) is 1. The number of halogens is 1. The molecule has 6 nitrogen and oxygen atoms in total. The Kier molecular flexibility index (Phi) is 6.47. The van der Waals surface area contributed by atoms with Crippen molar-refractivity contribution in [3.05, 3.63) is 83.7 Å². The topological polar surface area (TPSA) is 84.6 Å². The number of nitrogens with one attached hydrogen (secondary N) is 1. The van der Waals surface area contributed by atoms with E-state index in [1.165, 1.54) is 12.1 Å². The number of aliphatic carboxylic acids is 1. The summed E-state index contributed by atoms with van der Waals surface area (Å²) in [5, 5.41) is 12.5.